The van der Waals surface area contributed by atoms with Gasteiger partial charge in [0.15, 0.2) is 5.01 Å². The molecular formula is C10H15F3N2OS. The molecule has 0 saturated carbocycles. The first-order chi connectivity index (χ1) is 8.04. The number of hydrogen-bond acceptors (Lipinski definition) is 4. The minimum Gasteiger partial charge on any atom is -0.383 e. The quantitative estimate of drug-likeness (QED) is 0.771. The lowest BCUT2D eigenvalue weighted by molar-refractivity contribution is -0.137. The summed E-state index contributed by atoms with van der Waals surface area (Å²) in [6, 6.07) is 0. The van der Waals surface area contributed by atoms with Gasteiger partial charge in [-0.1, -0.05) is 0 Å². The van der Waals surface area contributed by atoms with Crippen LogP contribution < -0.4 is 5.32 Å². The molecule has 0 bridgehead atoms. The van der Waals surface area contributed by atoms with Gasteiger partial charge in [0.2, 0.25) is 0 Å². The third-order valence-electron chi connectivity index (χ3n) is 2.06. The Morgan fingerprint density at radius 1 is 1.41 bits per heavy atom. The highest BCUT2D eigenvalue weighted by Crippen LogP contribution is 2.32. The van der Waals surface area contributed by atoms with Gasteiger partial charge in [0.1, 0.15) is 0 Å². The van der Waals surface area contributed by atoms with Crippen LogP contribution in [0.25, 0.3) is 0 Å². The van der Waals surface area contributed by atoms with Crippen molar-refractivity contribution in [3.05, 3.63) is 16.1 Å². The van der Waals surface area contributed by atoms with Gasteiger partial charge in [-0.15, -0.1) is 11.3 Å². The second-order valence-corrected chi connectivity index (χ2v) is 4.59. The molecule has 0 amide bonds. The predicted molar refractivity (Wildman–Crippen MR) is 60.2 cm³/mol. The van der Waals surface area contributed by atoms with Crippen LogP contribution in [0.1, 0.15) is 16.3 Å². The van der Waals surface area contributed by atoms with E-state index in [1.165, 1.54) is 6.20 Å². The van der Waals surface area contributed by atoms with Crippen molar-refractivity contribution in [1.29, 1.82) is 0 Å². The number of thiazole rings is 1. The van der Waals surface area contributed by atoms with Gasteiger partial charge >= 0.3 is 6.18 Å². The lowest BCUT2D eigenvalue weighted by Gasteiger charge is -2.02. The number of ether oxygens (including phenoxy) is 1. The summed E-state index contributed by atoms with van der Waals surface area (Å²) in [5.41, 5.74) is 0. The van der Waals surface area contributed by atoms with Crippen molar-refractivity contribution in [2.24, 2.45) is 0 Å². The molecule has 0 radical (unpaired) electrons. The molecule has 0 aliphatic rings. The highest BCUT2D eigenvalue weighted by atomic mass is 32.1. The van der Waals surface area contributed by atoms with Crippen LogP contribution in [0.15, 0.2) is 6.20 Å². The number of alkyl halides is 3. The number of nitrogens with zero attached hydrogens (tertiary/aromatic N) is 1. The second-order valence-electron chi connectivity index (χ2n) is 3.48. The molecule has 0 aliphatic carbocycles. The maximum atomic E-state index is 12.3. The van der Waals surface area contributed by atoms with Crippen molar-refractivity contribution in [2.75, 3.05) is 26.8 Å². The molecule has 7 heteroatoms. The molecule has 1 heterocycles. The Kier molecular flexibility index (Phi) is 5.87. The summed E-state index contributed by atoms with van der Waals surface area (Å²) in [4.78, 5) is 4.04. The summed E-state index contributed by atoms with van der Waals surface area (Å²) < 4.78 is 41.6. The van der Waals surface area contributed by atoms with Crippen LogP contribution in [0.3, 0.4) is 0 Å². The van der Waals surface area contributed by atoms with Gasteiger partial charge in [0.25, 0.3) is 0 Å². The average Bonchev–Trinajstić information content (AvgIpc) is 2.71. The Balaban J connectivity index is 2.21. The molecule has 0 aliphatic heterocycles. The number of aryl methyl sites for hydroxylation is 1. The van der Waals surface area contributed by atoms with E-state index in [1.807, 2.05) is 0 Å². The molecule has 0 fully saturated rings. The molecule has 0 atom stereocenters. The third kappa shape index (κ3) is 5.47. The summed E-state index contributed by atoms with van der Waals surface area (Å²) in [5, 5.41) is 2.37. The van der Waals surface area contributed by atoms with Gasteiger partial charge in [-0.25, -0.2) is 4.98 Å². The van der Waals surface area contributed by atoms with Gasteiger partial charge < -0.3 is 10.1 Å². The first-order valence-corrected chi connectivity index (χ1v) is 6.07. The van der Waals surface area contributed by atoms with Crippen LogP contribution in [0, 0.1) is 0 Å². The van der Waals surface area contributed by atoms with E-state index in [9.17, 15) is 13.2 Å². The number of nitrogens with one attached hydrogen (secondary N) is 1. The zero-order valence-electron chi connectivity index (χ0n) is 9.51. The van der Waals surface area contributed by atoms with Crippen molar-refractivity contribution in [1.82, 2.24) is 10.3 Å². The van der Waals surface area contributed by atoms with Crippen molar-refractivity contribution in [3.8, 4) is 0 Å². The summed E-state index contributed by atoms with van der Waals surface area (Å²) in [7, 11) is 1.62. The molecule has 1 aromatic rings. The van der Waals surface area contributed by atoms with Gasteiger partial charge in [-0.3, -0.25) is 0 Å². The number of halogens is 3. The molecule has 17 heavy (non-hydrogen) atoms. The smallest absolute Gasteiger partial charge is 0.383 e. The molecule has 3 nitrogen and oxygen atoms in total. The zero-order chi connectivity index (χ0) is 12.7. The van der Waals surface area contributed by atoms with E-state index in [4.69, 9.17) is 4.74 Å². The molecule has 98 valence electrons. The Labute approximate surface area is 102 Å². The molecule has 1 aromatic heterocycles. The van der Waals surface area contributed by atoms with Crippen molar-refractivity contribution >= 4 is 11.3 Å². The Bertz CT molecular complexity index is 328. The Morgan fingerprint density at radius 2 is 2.18 bits per heavy atom. The highest BCUT2D eigenvalue weighted by Gasteiger charge is 2.34. The standard InChI is InChI=1S/C10H15F3N2OS/c1-16-6-5-14-4-2-3-8-7-15-9(17-8)10(11,12)13/h7,14H,2-6H2,1H3. The fourth-order valence-corrected chi connectivity index (χ4v) is 2.06. The van der Waals surface area contributed by atoms with Crippen LogP contribution >= 0.6 is 11.3 Å². The largest absolute Gasteiger partial charge is 0.443 e. The number of rotatable bonds is 7. The average molecular weight is 268 g/mol. The van der Waals surface area contributed by atoms with Crippen molar-refractivity contribution in [3.63, 3.8) is 0 Å². The normalized spacial score (nSPS) is 12.0. The van der Waals surface area contributed by atoms with Crippen LogP contribution in [0.2, 0.25) is 0 Å². The van der Waals surface area contributed by atoms with E-state index >= 15 is 0 Å². The third-order valence-corrected chi connectivity index (χ3v) is 3.16. The molecule has 0 spiro atoms. The first kappa shape index (κ1) is 14.4. The zero-order valence-corrected chi connectivity index (χ0v) is 10.3. The SMILES string of the molecule is COCCNCCCc1cnc(C(F)(F)F)s1. The fraction of sp³-hybridized carbons (Fsp3) is 0.700. The summed E-state index contributed by atoms with van der Waals surface area (Å²) >= 11 is 0.720. The van der Waals surface area contributed by atoms with E-state index in [0.29, 0.717) is 17.9 Å². The minimum absolute atomic E-state index is 0.619. The Morgan fingerprint density at radius 3 is 2.76 bits per heavy atom. The maximum Gasteiger partial charge on any atom is 0.443 e. The summed E-state index contributed by atoms with van der Waals surface area (Å²) in [6.07, 6.45) is -1.60. The van der Waals surface area contributed by atoms with E-state index < -0.39 is 11.2 Å². The lowest BCUT2D eigenvalue weighted by atomic mass is 10.3. The number of methoxy groups -OCH3 is 1. The molecule has 1 rings (SSSR count). The maximum absolute atomic E-state index is 12.3. The topological polar surface area (TPSA) is 34.1 Å². The monoisotopic (exact) mass is 268 g/mol. The van der Waals surface area contributed by atoms with Gasteiger partial charge in [0, 0.05) is 24.7 Å². The molecule has 0 aromatic carbocycles. The first-order valence-electron chi connectivity index (χ1n) is 5.25. The van der Waals surface area contributed by atoms with E-state index in [-0.39, 0.29) is 0 Å². The minimum atomic E-state index is -4.32. The fourth-order valence-electron chi connectivity index (χ4n) is 1.24. The number of aromatic nitrogens is 1. The highest BCUT2D eigenvalue weighted by molar-refractivity contribution is 7.11. The predicted octanol–water partition coefficient (Wildman–Crippen LogP) is 2.33. The van der Waals surface area contributed by atoms with Gasteiger partial charge in [0.05, 0.1) is 6.61 Å². The molecule has 0 saturated heterocycles. The van der Waals surface area contributed by atoms with Crippen molar-refractivity contribution in [2.45, 2.75) is 19.0 Å². The lowest BCUT2D eigenvalue weighted by Crippen LogP contribution is -2.20. The second kappa shape index (κ2) is 6.93. The molecule has 1 N–H and O–H groups in total. The van der Waals surface area contributed by atoms with Crippen molar-refractivity contribution < 1.29 is 17.9 Å². The summed E-state index contributed by atoms with van der Waals surface area (Å²) in [5.74, 6) is 0. The molecular weight excluding hydrogens is 253 g/mol. The van der Waals surface area contributed by atoms with E-state index in [1.54, 1.807) is 7.11 Å². The summed E-state index contributed by atoms with van der Waals surface area (Å²) in [6.45, 7) is 2.16. The van der Waals surface area contributed by atoms with E-state index in [0.717, 1.165) is 30.8 Å². The van der Waals surface area contributed by atoms with E-state index in [2.05, 4.69) is 10.3 Å². The Hall–Kier alpha value is -0.660. The van der Waals surface area contributed by atoms with Crippen LogP contribution in [-0.2, 0) is 17.3 Å². The van der Waals surface area contributed by atoms with Gasteiger partial charge in [-0.2, -0.15) is 13.2 Å². The van der Waals surface area contributed by atoms with Crippen LogP contribution in [0.4, 0.5) is 13.2 Å². The van der Waals surface area contributed by atoms with Crippen LogP contribution in [0.5, 0.6) is 0 Å². The molecule has 0 unspecified atom stereocenters. The van der Waals surface area contributed by atoms with Gasteiger partial charge in [-0.05, 0) is 19.4 Å². The number of hydrogen-bond donors (Lipinski definition) is 1. The van der Waals surface area contributed by atoms with Crippen LogP contribution in [-0.4, -0.2) is 31.8 Å².